The van der Waals surface area contributed by atoms with Gasteiger partial charge in [-0.05, 0) is 18.2 Å². The molecule has 0 bridgehead atoms. The molecular weight excluding hydrogens is 307 g/mol. The Labute approximate surface area is 130 Å². The zero-order chi connectivity index (χ0) is 14.8. The van der Waals surface area contributed by atoms with Crippen molar-refractivity contribution < 1.29 is 0 Å². The van der Waals surface area contributed by atoms with E-state index >= 15 is 0 Å². The number of rotatable bonds is 2. The van der Waals surface area contributed by atoms with Crippen molar-refractivity contribution in [3.8, 4) is 6.07 Å². The normalized spacial score (nSPS) is 10.3. The van der Waals surface area contributed by atoms with E-state index in [0.717, 1.165) is 10.8 Å². The Hall–Kier alpha value is -2.35. The van der Waals surface area contributed by atoms with Gasteiger partial charge in [0.05, 0.1) is 22.3 Å². The molecule has 4 nitrogen and oxygen atoms in total. The van der Waals surface area contributed by atoms with Gasteiger partial charge in [-0.25, -0.2) is 0 Å². The van der Waals surface area contributed by atoms with Crippen LogP contribution in [0.5, 0.6) is 0 Å². The van der Waals surface area contributed by atoms with Crippen LogP contribution >= 0.6 is 23.2 Å². The molecule has 0 saturated carbocycles. The number of hydrogen-bond acceptors (Lipinski definition) is 4. The van der Waals surface area contributed by atoms with E-state index in [2.05, 4.69) is 21.6 Å². The van der Waals surface area contributed by atoms with Crippen molar-refractivity contribution in [3.05, 3.63) is 58.2 Å². The van der Waals surface area contributed by atoms with Crippen molar-refractivity contribution >= 4 is 45.5 Å². The fourth-order valence-corrected chi connectivity index (χ4v) is 2.35. The molecule has 0 aliphatic carbocycles. The minimum atomic E-state index is 0.341. The highest BCUT2D eigenvalue weighted by Crippen LogP contribution is 2.30. The number of nitrogens with zero attached hydrogens (tertiary/aromatic N) is 3. The van der Waals surface area contributed by atoms with Crippen molar-refractivity contribution in [1.82, 2.24) is 10.2 Å². The molecule has 0 atom stereocenters. The molecule has 2 aromatic carbocycles. The second-order valence-corrected chi connectivity index (χ2v) is 5.08. The van der Waals surface area contributed by atoms with Crippen molar-refractivity contribution in [1.29, 1.82) is 5.26 Å². The molecule has 21 heavy (non-hydrogen) atoms. The van der Waals surface area contributed by atoms with Crippen LogP contribution in [0.25, 0.3) is 10.8 Å². The Bertz CT molecular complexity index is 871. The third kappa shape index (κ3) is 2.62. The van der Waals surface area contributed by atoms with Crippen LogP contribution in [0.1, 0.15) is 5.56 Å². The van der Waals surface area contributed by atoms with Gasteiger partial charge >= 0.3 is 0 Å². The number of hydrogen-bond donors (Lipinski definition) is 1. The SMILES string of the molecule is N#Cc1ccc(Cl)c(Nc2nnc(Cl)c3ccccc23)c1. The van der Waals surface area contributed by atoms with Gasteiger partial charge in [0.2, 0.25) is 0 Å². The molecule has 0 aliphatic heterocycles. The summed E-state index contributed by atoms with van der Waals surface area (Å²) in [6.45, 7) is 0. The molecule has 1 aromatic heterocycles. The molecule has 1 heterocycles. The third-order valence-corrected chi connectivity index (χ3v) is 3.60. The van der Waals surface area contributed by atoms with Crippen LogP contribution in [0.2, 0.25) is 10.2 Å². The Balaban J connectivity index is 2.11. The lowest BCUT2D eigenvalue weighted by molar-refractivity contribution is 1.05. The summed E-state index contributed by atoms with van der Waals surface area (Å²) in [5, 5.41) is 22.5. The molecule has 0 unspecified atom stereocenters. The Morgan fingerprint density at radius 3 is 2.52 bits per heavy atom. The molecule has 3 rings (SSSR count). The Kier molecular flexibility index (Phi) is 3.61. The minimum absolute atomic E-state index is 0.341. The highest BCUT2D eigenvalue weighted by molar-refractivity contribution is 6.35. The lowest BCUT2D eigenvalue weighted by Crippen LogP contribution is -1.98. The molecule has 102 valence electrons. The number of halogens is 2. The topological polar surface area (TPSA) is 61.6 Å². The first kappa shape index (κ1) is 13.6. The number of aromatic nitrogens is 2. The fourth-order valence-electron chi connectivity index (χ4n) is 1.98. The van der Waals surface area contributed by atoms with Crippen molar-refractivity contribution in [2.24, 2.45) is 0 Å². The maximum Gasteiger partial charge on any atom is 0.161 e. The Morgan fingerprint density at radius 2 is 1.76 bits per heavy atom. The lowest BCUT2D eigenvalue weighted by atomic mass is 10.2. The van der Waals surface area contributed by atoms with E-state index in [1.54, 1.807) is 18.2 Å². The average molecular weight is 315 g/mol. The van der Waals surface area contributed by atoms with E-state index in [1.807, 2.05) is 24.3 Å². The number of benzene rings is 2. The van der Waals surface area contributed by atoms with Gasteiger partial charge in [0, 0.05) is 10.8 Å². The molecule has 1 N–H and O–H groups in total. The van der Waals surface area contributed by atoms with Gasteiger partial charge in [-0.2, -0.15) is 5.26 Å². The number of nitrogens with one attached hydrogen (secondary N) is 1. The maximum absolute atomic E-state index is 8.96. The van der Waals surface area contributed by atoms with Gasteiger partial charge in [0.1, 0.15) is 0 Å². The van der Waals surface area contributed by atoms with Gasteiger partial charge < -0.3 is 5.32 Å². The molecule has 0 fully saturated rings. The number of anilines is 2. The Morgan fingerprint density at radius 1 is 1.00 bits per heavy atom. The predicted octanol–water partition coefficient (Wildman–Crippen LogP) is 4.55. The summed E-state index contributed by atoms with van der Waals surface area (Å²) in [5.74, 6) is 0.534. The average Bonchev–Trinajstić information content (AvgIpc) is 2.52. The standard InChI is InChI=1S/C15H8Cl2N4/c16-12-6-5-9(8-18)7-13(12)19-15-11-4-2-1-3-10(11)14(17)20-21-15/h1-7H,(H,19,21). The van der Waals surface area contributed by atoms with Crippen molar-refractivity contribution in [3.63, 3.8) is 0 Å². The quantitative estimate of drug-likeness (QED) is 0.753. The fraction of sp³-hybridized carbons (Fsp3) is 0. The smallest absolute Gasteiger partial charge is 0.161 e. The zero-order valence-electron chi connectivity index (χ0n) is 10.6. The second-order valence-electron chi connectivity index (χ2n) is 4.32. The number of nitriles is 1. The summed E-state index contributed by atoms with van der Waals surface area (Å²) in [5.41, 5.74) is 1.10. The number of fused-ring (bicyclic) bond motifs is 1. The summed E-state index contributed by atoms with van der Waals surface area (Å²) in [4.78, 5) is 0. The van der Waals surface area contributed by atoms with E-state index in [1.165, 1.54) is 0 Å². The third-order valence-electron chi connectivity index (χ3n) is 2.99. The summed E-state index contributed by atoms with van der Waals surface area (Å²) >= 11 is 12.2. The van der Waals surface area contributed by atoms with Crippen LogP contribution in [-0.4, -0.2) is 10.2 Å². The van der Waals surface area contributed by atoms with E-state index in [4.69, 9.17) is 28.5 Å². The molecule has 0 spiro atoms. The van der Waals surface area contributed by atoms with Crippen LogP contribution in [0.3, 0.4) is 0 Å². The van der Waals surface area contributed by atoms with Crippen LogP contribution in [0.15, 0.2) is 42.5 Å². The summed E-state index contributed by atoms with van der Waals surface area (Å²) < 4.78 is 0. The monoisotopic (exact) mass is 314 g/mol. The maximum atomic E-state index is 8.96. The lowest BCUT2D eigenvalue weighted by Gasteiger charge is -2.10. The first-order valence-electron chi connectivity index (χ1n) is 6.06. The predicted molar refractivity (Wildman–Crippen MR) is 84.0 cm³/mol. The van der Waals surface area contributed by atoms with Crippen LogP contribution < -0.4 is 5.32 Å². The first-order valence-corrected chi connectivity index (χ1v) is 6.82. The van der Waals surface area contributed by atoms with E-state index < -0.39 is 0 Å². The summed E-state index contributed by atoms with van der Waals surface area (Å²) in [6, 6.07) is 14.6. The van der Waals surface area contributed by atoms with Gasteiger partial charge in [0.15, 0.2) is 11.0 Å². The van der Waals surface area contributed by atoms with Crippen LogP contribution in [0, 0.1) is 11.3 Å². The summed E-state index contributed by atoms with van der Waals surface area (Å²) in [6.07, 6.45) is 0. The van der Waals surface area contributed by atoms with Crippen LogP contribution in [0.4, 0.5) is 11.5 Å². The van der Waals surface area contributed by atoms with E-state index in [9.17, 15) is 0 Å². The molecule has 3 aromatic rings. The van der Waals surface area contributed by atoms with Gasteiger partial charge in [0.25, 0.3) is 0 Å². The molecule has 0 amide bonds. The van der Waals surface area contributed by atoms with Gasteiger partial charge in [-0.1, -0.05) is 47.5 Å². The first-order chi connectivity index (χ1) is 10.2. The zero-order valence-corrected chi connectivity index (χ0v) is 12.2. The largest absolute Gasteiger partial charge is 0.337 e. The highest BCUT2D eigenvalue weighted by atomic mass is 35.5. The summed E-state index contributed by atoms with van der Waals surface area (Å²) in [7, 11) is 0. The molecule has 0 saturated heterocycles. The highest BCUT2D eigenvalue weighted by Gasteiger charge is 2.09. The van der Waals surface area contributed by atoms with E-state index in [-0.39, 0.29) is 0 Å². The van der Waals surface area contributed by atoms with Crippen molar-refractivity contribution in [2.45, 2.75) is 0 Å². The van der Waals surface area contributed by atoms with Crippen molar-refractivity contribution in [2.75, 3.05) is 5.32 Å². The van der Waals surface area contributed by atoms with Gasteiger partial charge in [-0.3, -0.25) is 0 Å². The molecule has 6 heteroatoms. The molecule has 0 radical (unpaired) electrons. The van der Waals surface area contributed by atoms with Gasteiger partial charge in [-0.15, -0.1) is 10.2 Å². The second kappa shape index (κ2) is 5.57. The molecular formula is C15H8Cl2N4. The molecule has 0 aliphatic rings. The van der Waals surface area contributed by atoms with E-state index in [0.29, 0.717) is 27.2 Å². The minimum Gasteiger partial charge on any atom is -0.337 e. The van der Waals surface area contributed by atoms with Crippen LogP contribution in [-0.2, 0) is 0 Å².